The summed E-state index contributed by atoms with van der Waals surface area (Å²) in [6.45, 7) is 0. The maximum absolute atomic E-state index is 10.4. The van der Waals surface area contributed by atoms with Gasteiger partial charge in [-0.3, -0.25) is 0 Å². The van der Waals surface area contributed by atoms with Crippen LogP contribution < -0.4 is 5.32 Å². The summed E-state index contributed by atoms with van der Waals surface area (Å²) in [6.07, 6.45) is 10.0. The smallest absolute Gasteiger partial charge is 0.160 e. The lowest BCUT2D eigenvalue weighted by atomic mass is 10.1. The molecule has 2 aliphatic rings. The first-order chi connectivity index (χ1) is 11.8. The number of fused-ring (bicyclic) bond motifs is 1. The molecule has 1 aromatic carbocycles. The Morgan fingerprint density at radius 2 is 1.96 bits per heavy atom. The number of hydrogen-bond donors (Lipinski definition) is 3. The van der Waals surface area contributed by atoms with Crippen LogP contribution in [0.1, 0.15) is 44.1 Å². The number of aliphatic hydroxyl groups is 1. The third-order valence-electron chi connectivity index (χ3n) is 5.12. The minimum atomic E-state index is -0.614. The molecule has 24 heavy (non-hydrogen) atoms. The van der Waals surface area contributed by atoms with Crippen LogP contribution in [0.5, 0.6) is 0 Å². The van der Waals surface area contributed by atoms with Gasteiger partial charge in [-0.05, 0) is 30.9 Å². The number of nitrogens with zero attached hydrogens (tertiary/aromatic N) is 1. The van der Waals surface area contributed by atoms with E-state index < -0.39 is 6.23 Å². The zero-order valence-electron chi connectivity index (χ0n) is 13.9. The first-order valence-corrected chi connectivity index (χ1v) is 9.91. The van der Waals surface area contributed by atoms with Crippen LogP contribution in [0.4, 0.5) is 0 Å². The Hall–Kier alpha value is -1.46. The van der Waals surface area contributed by atoms with Gasteiger partial charge in [0.25, 0.3) is 0 Å². The van der Waals surface area contributed by atoms with Crippen LogP contribution in [0.15, 0.2) is 35.5 Å². The van der Waals surface area contributed by atoms with Crippen LogP contribution in [0.3, 0.4) is 0 Å². The summed E-state index contributed by atoms with van der Waals surface area (Å²) in [5.41, 5.74) is 2.41. The molecule has 0 spiro atoms. The Morgan fingerprint density at radius 3 is 2.79 bits per heavy atom. The number of amidine groups is 1. The summed E-state index contributed by atoms with van der Waals surface area (Å²) in [5, 5.41) is 16.2. The van der Waals surface area contributed by atoms with Gasteiger partial charge in [-0.1, -0.05) is 55.6 Å². The summed E-state index contributed by atoms with van der Waals surface area (Å²) in [7, 11) is 0. The molecule has 2 aromatic rings. The Balaban J connectivity index is 1.39. The number of benzene rings is 1. The molecule has 2 atom stereocenters. The molecule has 0 saturated heterocycles. The molecule has 5 heteroatoms. The highest BCUT2D eigenvalue weighted by atomic mass is 32.2. The van der Waals surface area contributed by atoms with E-state index in [0.717, 1.165) is 17.1 Å². The van der Waals surface area contributed by atoms with E-state index in [1.54, 1.807) is 11.8 Å². The molecule has 128 valence electrons. The number of aromatic nitrogens is 1. The number of H-pyrrole nitrogens is 1. The lowest BCUT2D eigenvalue weighted by Crippen LogP contribution is -2.32. The van der Waals surface area contributed by atoms with Crippen molar-refractivity contribution in [3.63, 3.8) is 0 Å². The van der Waals surface area contributed by atoms with E-state index in [4.69, 9.17) is 0 Å². The van der Waals surface area contributed by atoms with E-state index in [1.807, 2.05) is 6.07 Å². The molecular weight excluding hydrogens is 318 g/mol. The number of thioether (sulfide) groups is 1. The van der Waals surface area contributed by atoms with Gasteiger partial charge in [0, 0.05) is 23.1 Å². The zero-order valence-corrected chi connectivity index (χ0v) is 14.7. The van der Waals surface area contributed by atoms with Gasteiger partial charge < -0.3 is 15.4 Å². The standard InChI is InChI=1S/C19H25N3OS/c23-18-17(11-13-12-20-16-10-6-5-9-15(13)16)24-19(22-18)21-14-7-3-1-2-4-8-14/h5-6,9-10,12,14,17-18,20,23H,1-4,7-8,11H2,(H,21,22). The van der Waals surface area contributed by atoms with Crippen LogP contribution in [-0.2, 0) is 6.42 Å². The summed E-state index contributed by atoms with van der Waals surface area (Å²) in [5.74, 6) is 0. The van der Waals surface area contributed by atoms with Crippen molar-refractivity contribution in [1.29, 1.82) is 0 Å². The SMILES string of the molecule is OC1N=C(NC2CCCCCC2)SC1Cc1c[nH]c2ccccc12. The Kier molecular flexibility index (Phi) is 4.81. The van der Waals surface area contributed by atoms with Gasteiger partial charge in [-0.25, -0.2) is 4.99 Å². The number of nitrogens with one attached hydrogen (secondary N) is 2. The maximum atomic E-state index is 10.4. The van der Waals surface area contributed by atoms with Crippen molar-refractivity contribution in [2.45, 2.75) is 62.5 Å². The van der Waals surface area contributed by atoms with Crippen LogP contribution >= 0.6 is 11.8 Å². The van der Waals surface area contributed by atoms with Crippen molar-refractivity contribution in [2.75, 3.05) is 0 Å². The van der Waals surface area contributed by atoms with Crippen molar-refractivity contribution < 1.29 is 5.11 Å². The largest absolute Gasteiger partial charge is 0.371 e. The highest BCUT2D eigenvalue weighted by molar-refractivity contribution is 8.14. The second-order valence-corrected chi connectivity index (χ2v) is 8.13. The highest BCUT2D eigenvalue weighted by Gasteiger charge is 2.30. The quantitative estimate of drug-likeness (QED) is 0.743. The molecule has 4 rings (SSSR count). The summed E-state index contributed by atoms with van der Waals surface area (Å²) in [4.78, 5) is 7.79. The molecule has 2 heterocycles. The van der Waals surface area contributed by atoms with E-state index in [0.29, 0.717) is 6.04 Å². The van der Waals surface area contributed by atoms with Crippen molar-refractivity contribution in [2.24, 2.45) is 4.99 Å². The highest BCUT2D eigenvalue weighted by Crippen LogP contribution is 2.31. The molecule has 1 fully saturated rings. The number of aliphatic imine (C=N–C) groups is 1. The van der Waals surface area contributed by atoms with Gasteiger partial charge in [0.2, 0.25) is 0 Å². The number of hydrogen-bond acceptors (Lipinski definition) is 4. The molecule has 0 radical (unpaired) electrons. The van der Waals surface area contributed by atoms with Crippen LogP contribution in [0.2, 0.25) is 0 Å². The molecular formula is C19H25N3OS. The zero-order chi connectivity index (χ0) is 16.4. The summed E-state index contributed by atoms with van der Waals surface area (Å²) < 4.78 is 0. The fraction of sp³-hybridized carbons (Fsp3) is 0.526. The molecule has 1 aliphatic heterocycles. The number of aliphatic hydroxyl groups excluding tert-OH is 1. The number of para-hydroxylation sites is 1. The van der Waals surface area contributed by atoms with Gasteiger partial charge in [0.15, 0.2) is 11.4 Å². The number of aromatic amines is 1. The van der Waals surface area contributed by atoms with E-state index in [2.05, 4.69) is 39.7 Å². The molecule has 0 amide bonds. The predicted octanol–water partition coefficient (Wildman–Crippen LogP) is 3.81. The normalized spacial score (nSPS) is 25.6. The molecule has 4 nitrogen and oxygen atoms in total. The lowest BCUT2D eigenvalue weighted by Gasteiger charge is -2.17. The lowest BCUT2D eigenvalue weighted by molar-refractivity contribution is 0.184. The fourth-order valence-electron chi connectivity index (χ4n) is 3.77. The van der Waals surface area contributed by atoms with E-state index in [9.17, 15) is 5.11 Å². The third kappa shape index (κ3) is 3.47. The van der Waals surface area contributed by atoms with Crippen molar-refractivity contribution >= 4 is 27.8 Å². The summed E-state index contributed by atoms with van der Waals surface area (Å²) >= 11 is 1.70. The van der Waals surface area contributed by atoms with Gasteiger partial charge >= 0.3 is 0 Å². The maximum Gasteiger partial charge on any atom is 0.160 e. The average molecular weight is 343 g/mol. The van der Waals surface area contributed by atoms with Crippen LogP contribution in [0, 0.1) is 0 Å². The molecule has 1 saturated carbocycles. The van der Waals surface area contributed by atoms with Crippen LogP contribution in [0.25, 0.3) is 10.9 Å². The van der Waals surface area contributed by atoms with Crippen molar-refractivity contribution in [3.8, 4) is 0 Å². The predicted molar refractivity (Wildman–Crippen MR) is 101 cm³/mol. The van der Waals surface area contributed by atoms with Gasteiger partial charge in [0.1, 0.15) is 0 Å². The Bertz CT molecular complexity index is 718. The first kappa shape index (κ1) is 16.0. The molecule has 0 bridgehead atoms. The average Bonchev–Trinajstić information content (AvgIpc) is 3.03. The fourth-order valence-corrected chi connectivity index (χ4v) is 4.91. The van der Waals surface area contributed by atoms with E-state index in [-0.39, 0.29) is 5.25 Å². The Morgan fingerprint density at radius 1 is 1.17 bits per heavy atom. The van der Waals surface area contributed by atoms with Gasteiger partial charge in [0.05, 0.1) is 5.25 Å². The topological polar surface area (TPSA) is 60.4 Å². The molecule has 3 N–H and O–H groups in total. The number of rotatable bonds is 3. The molecule has 1 aromatic heterocycles. The molecule has 1 aliphatic carbocycles. The minimum Gasteiger partial charge on any atom is -0.371 e. The first-order valence-electron chi connectivity index (χ1n) is 9.03. The second kappa shape index (κ2) is 7.19. The Labute approximate surface area is 147 Å². The molecule has 2 unspecified atom stereocenters. The monoisotopic (exact) mass is 343 g/mol. The van der Waals surface area contributed by atoms with Gasteiger partial charge in [-0.15, -0.1) is 0 Å². The second-order valence-electron chi connectivity index (χ2n) is 6.90. The van der Waals surface area contributed by atoms with Crippen molar-refractivity contribution in [3.05, 3.63) is 36.0 Å². The van der Waals surface area contributed by atoms with Crippen LogP contribution in [-0.4, -0.2) is 32.8 Å². The minimum absolute atomic E-state index is 0.0949. The summed E-state index contributed by atoms with van der Waals surface area (Å²) in [6, 6.07) is 8.86. The van der Waals surface area contributed by atoms with E-state index >= 15 is 0 Å². The third-order valence-corrected chi connectivity index (χ3v) is 6.28. The van der Waals surface area contributed by atoms with E-state index in [1.165, 1.54) is 49.5 Å². The van der Waals surface area contributed by atoms with Gasteiger partial charge in [-0.2, -0.15) is 0 Å². The van der Waals surface area contributed by atoms with Crippen molar-refractivity contribution in [1.82, 2.24) is 10.3 Å².